The van der Waals surface area contributed by atoms with Gasteiger partial charge in [-0.2, -0.15) is 11.8 Å². The Balaban J connectivity index is 0.00000288. The third-order valence-corrected chi connectivity index (χ3v) is 7.82. The maximum atomic E-state index is 11.7. The summed E-state index contributed by atoms with van der Waals surface area (Å²) in [5.74, 6) is 3.01. The van der Waals surface area contributed by atoms with Gasteiger partial charge >= 0.3 is 6.03 Å². The molecule has 2 saturated heterocycles. The van der Waals surface area contributed by atoms with Crippen molar-refractivity contribution in [3.05, 3.63) is 0 Å². The number of halogens is 1. The molecule has 2 aliphatic rings. The van der Waals surface area contributed by atoms with Crippen molar-refractivity contribution in [2.24, 2.45) is 5.73 Å². The maximum Gasteiger partial charge on any atom is 0.315 e. The van der Waals surface area contributed by atoms with Gasteiger partial charge in [0, 0.05) is 42.0 Å². The zero-order chi connectivity index (χ0) is 16.5. The second kappa shape index (κ2) is 12.4. The molecule has 24 heavy (non-hydrogen) atoms. The minimum atomic E-state index is -0.0350. The van der Waals surface area contributed by atoms with E-state index in [-0.39, 0.29) is 36.4 Å². The van der Waals surface area contributed by atoms with E-state index < -0.39 is 0 Å². The Hall–Kier alpha value is 0.0400. The van der Waals surface area contributed by atoms with Crippen LogP contribution in [0.3, 0.4) is 0 Å². The van der Waals surface area contributed by atoms with Gasteiger partial charge in [-0.25, -0.2) is 4.79 Å². The standard InChI is InChI=1S/C14H26N4O2S3.ClH/c15-5-7-22-23-8-6-16-12(19)4-2-1-3-11-13-10(9-21-11)17-14(20)18-13;/h10-11,13H,1-9,15H2,(H,16,19)(H2,17,18,20);1H/t10?,11-,13?;/m0./s1. The van der Waals surface area contributed by atoms with E-state index in [0.717, 1.165) is 43.1 Å². The van der Waals surface area contributed by atoms with Gasteiger partial charge in [0.1, 0.15) is 0 Å². The number of unbranched alkanes of at least 4 members (excludes halogenated alkanes) is 1. The van der Waals surface area contributed by atoms with E-state index >= 15 is 0 Å². The molecule has 6 nitrogen and oxygen atoms in total. The minimum absolute atomic E-state index is 0. The molecule has 5 N–H and O–H groups in total. The Bertz CT molecular complexity index is 406. The summed E-state index contributed by atoms with van der Waals surface area (Å²) in [4.78, 5) is 23.0. The molecule has 0 aromatic heterocycles. The lowest BCUT2D eigenvalue weighted by atomic mass is 10.0. The number of nitrogens with two attached hydrogens (primary N) is 1. The van der Waals surface area contributed by atoms with Crippen LogP contribution in [-0.2, 0) is 4.79 Å². The van der Waals surface area contributed by atoms with Crippen molar-refractivity contribution < 1.29 is 9.59 Å². The zero-order valence-electron chi connectivity index (χ0n) is 13.6. The number of hydrogen-bond donors (Lipinski definition) is 4. The van der Waals surface area contributed by atoms with Crippen LogP contribution in [0.5, 0.6) is 0 Å². The molecule has 2 fully saturated rings. The van der Waals surface area contributed by atoms with E-state index in [2.05, 4.69) is 16.0 Å². The molecule has 2 unspecified atom stereocenters. The summed E-state index contributed by atoms with van der Waals surface area (Å²) in [5.41, 5.74) is 5.41. The first-order valence-corrected chi connectivity index (χ1v) is 11.6. The molecule has 0 bridgehead atoms. The average Bonchev–Trinajstić information content (AvgIpc) is 3.07. The Kier molecular flexibility index (Phi) is 11.4. The van der Waals surface area contributed by atoms with Crippen molar-refractivity contribution in [3.8, 4) is 0 Å². The highest BCUT2D eigenvalue weighted by Gasteiger charge is 2.42. The Morgan fingerprint density at radius 2 is 2.08 bits per heavy atom. The molecule has 0 radical (unpaired) electrons. The van der Waals surface area contributed by atoms with E-state index in [0.29, 0.717) is 18.2 Å². The highest BCUT2D eigenvalue weighted by molar-refractivity contribution is 8.76. The quantitative estimate of drug-likeness (QED) is 0.233. The normalized spacial score (nSPS) is 24.7. The summed E-state index contributed by atoms with van der Waals surface area (Å²) in [6.07, 6.45) is 3.60. The average molecular weight is 415 g/mol. The summed E-state index contributed by atoms with van der Waals surface area (Å²) < 4.78 is 0. The molecule has 2 rings (SSSR count). The summed E-state index contributed by atoms with van der Waals surface area (Å²) in [6.45, 7) is 1.42. The predicted molar refractivity (Wildman–Crippen MR) is 108 cm³/mol. The summed E-state index contributed by atoms with van der Waals surface area (Å²) in [7, 11) is 3.50. The van der Waals surface area contributed by atoms with Crippen LogP contribution >= 0.6 is 45.8 Å². The van der Waals surface area contributed by atoms with Crippen molar-refractivity contribution in [1.29, 1.82) is 0 Å². The number of urea groups is 1. The fraction of sp³-hybridized carbons (Fsp3) is 0.857. The number of thioether (sulfide) groups is 1. The SMILES string of the molecule is Cl.NCCSSCCNC(=O)CCCC[C@@H]1SCC2NC(=O)NC21. The summed E-state index contributed by atoms with van der Waals surface area (Å²) in [5, 5.41) is 9.39. The summed E-state index contributed by atoms with van der Waals surface area (Å²) >= 11 is 1.93. The highest BCUT2D eigenvalue weighted by Crippen LogP contribution is 2.33. The maximum absolute atomic E-state index is 11.7. The van der Waals surface area contributed by atoms with Gasteiger partial charge in [0.2, 0.25) is 5.91 Å². The van der Waals surface area contributed by atoms with Crippen LogP contribution in [0.4, 0.5) is 4.79 Å². The van der Waals surface area contributed by atoms with Crippen molar-refractivity contribution >= 4 is 57.7 Å². The van der Waals surface area contributed by atoms with Gasteiger partial charge in [-0.15, -0.1) is 12.4 Å². The number of nitrogens with one attached hydrogen (secondary N) is 3. The van der Waals surface area contributed by atoms with Crippen molar-refractivity contribution in [2.45, 2.75) is 43.0 Å². The number of rotatable bonds is 11. The topological polar surface area (TPSA) is 96.2 Å². The number of hydrogen-bond acceptors (Lipinski definition) is 6. The zero-order valence-corrected chi connectivity index (χ0v) is 16.9. The van der Waals surface area contributed by atoms with Crippen LogP contribution in [0.15, 0.2) is 0 Å². The summed E-state index contributed by atoms with van der Waals surface area (Å²) in [6, 6.07) is 0.520. The van der Waals surface area contributed by atoms with E-state index in [1.165, 1.54) is 0 Å². The molecule has 3 atom stereocenters. The van der Waals surface area contributed by atoms with Gasteiger partial charge in [-0.3, -0.25) is 4.79 Å². The molecular weight excluding hydrogens is 388 g/mol. The van der Waals surface area contributed by atoms with Gasteiger partial charge in [-0.05, 0) is 12.8 Å². The Morgan fingerprint density at radius 3 is 2.88 bits per heavy atom. The van der Waals surface area contributed by atoms with Gasteiger partial charge in [-0.1, -0.05) is 28.0 Å². The molecule has 2 aliphatic heterocycles. The second-order valence-electron chi connectivity index (χ2n) is 5.65. The highest BCUT2D eigenvalue weighted by atomic mass is 35.5. The largest absolute Gasteiger partial charge is 0.355 e. The molecule has 0 aliphatic carbocycles. The fourth-order valence-corrected chi connectivity index (χ4v) is 6.07. The van der Waals surface area contributed by atoms with Gasteiger partial charge in [0.25, 0.3) is 0 Å². The lowest BCUT2D eigenvalue weighted by molar-refractivity contribution is -0.121. The Morgan fingerprint density at radius 1 is 1.29 bits per heavy atom. The van der Waals surface area contributed by atoms with Gasteiger partial charge in [0.05, 0.1) is 12.1 Å². The van der Waals surface area contributed by atoms with Gasteiger partial charge < -0.3 is 21.7 Å². The third kappa shape index (κ3) is 7.51. The smallest absolute Gasteiger partial charge is 0.315 e. The molecule has 3 amide bonds. The molecule has 140 valence electrons. The Labute approximate surface area is 162 Å². The van der Waals surface area contributed by atoms with E-state index in [4.69, 9.17) is 5.73 Å². The van der Waals surface area contributed by atoms with Gasteiger partial charge in [0.15, 0.2) is 0 Å². The van der Waals surface area contributed by atoms with Crippen molar-refractivity contribution in [3.63, 3.8) is 0 Å². The molecular formula is C14H27ClN4O2S3. The van der Waals surface area contributed by atoms with Crippen molar-refractivity contribution in [2.75, 3.05) is 30.3 Å². The van der Waals surface area contributed by atoms with Crippen LogP contribution < -0.4 is 21.7 Å². The molecule has 0 saturated carbocycles. The number of fused-ring (bicyclic) bond motifs is 1. The first kappa shape index (κ1) is 22.1. The lowest BCUT2D eigenvalue weighted by Crippen LogP contribution is -2.36. The number of amides is 3. The molecule has 2 heterocycles. The van der Waals surface area contributed by atoms with Crippen LogP contribution in [0.25, 0.3) is 0 Å². The third-order valence-electron chi connectivity index (χ3n) is 3.87. The fourth-order valence-electron chi connectivity index (χ4n) is 2.76. The second-order valence-corrected chi connectivity index (χ2v) is 9.62. The minimum Gasteiger partial charge on any atom is -0.355 e. The number of carbonyl (C=O) groups excluding carboxylic acids is 2. The van der Waals surface area contributed by atoms with Crippen LogP contribution in [0, 0.1) is 0 Å². The van der Waals surface area contributed by atoms with Crippen LogP contribution in [0.1, 0.15) is 25.7 Å². The van der Waals surface area contributed by atoms with E-state index in [1.54, 1.807) is 21.6 Å². The predicted octanol–water partition coefficient (Wildman–Crippen LogP) is 1.59. The lowest BCUT2D eigenvalue weighted by Gasteiger charge is -2.16. The molecule has 0 aromatic rings. The number of carbonyl (C=O) groups is 2. The van der Waals surface area contributed by atoms with Crippen LogP contribution in [-0.4, -0.2) is 59.6 Å². The van der Waals surface area contributed by atoms with E-state index in [9.17, 15) is 9.59 Å². The molecule has 0 aromatic carbocycles. The van der Waals surface area contributed by atoms with E-state index in [1.807, 2.05) is 11.8 Å². The van der Waals surface area contributed by atoms with Crippen LogP contribution in [0.2, 0.25) is 0 Å². The first-order chi connectivity index (χ1) is 11.2. The molecule has 0 spiro atoms. The van der Waals surface area contributed by atoms with Crippen molar-refractivity contribution in [1.82, 2.24) is 16.0 Å². The molecule has 10 heteroatoms. The monoisotopic (exact) mass is 414 g/mol. The first-order valence-electron chi connectivity index (χ1n) is 8.10.